The fraction of sp³-hybridized carbons (Fsp3) is 0.889. The molecule has 0 amide bonds. The summed E-state index contributed by atoms with van der Waals surface area (Å²) in [5.74, 6) is 0. The fourth-order valence-electron chi connectivity index (χ4n) is 1.22. The number of aliphatic imine (C=N–C) groups is 1. The topological polar surface area (TPSA) is 57.1 Å². The van der Waals surface area contributed by atoms with Gasteiger partial charge in [0.15, 0.2) is 0 Å². The van der Waals surface area contributed by atoms with Crippen molar-refractivity contribution >= 4 is 14.9 Å². The third-order valence-electron chi connectivity index (χ3n) is 1.85. The molecule has 0 aromatic carbocycles. The van der Waals surface area contributed by atoms with E-state index >= 15 is 0 Å². The van der Waals surface area contributed by atoms with E-state index in [0.717, 1.165) is 0 Å². The highest BCUT2D eigenvalue weighted by molar-refractivity contribution is 6.60. The van der Waals surface area contributed by atoms with Gasteiger partial charge in [0.1, 0.15) is 0 Å². The molecule has 0 fully saturated rings. The molecule has 0 unspecified atom stereocenters. The number of isocyanates is 1. The lowest BCUT2D eigenvalue weighted by Crippen LogP contribution is -2.45. The molecule has 0 saturated carbocycles. The Morgan fingerprint density at radius 3 is 2.33 bits per heavy atom. The van der Waals surface area contributed by atoms with Crippen LogP contribution in [0.2, 0.25) is 6.04 Å². The van der Waals surface area contributed by atoms with Crippen LogP contribution in [0, 0.1) is 0 Å². The highest BCUT2D eigenvalue weighted by Crippen LogP contribution is 2.17. The minimum Gasteiger partial charge on any atom is -0.377 e. The van der Waals surface area contributed by atoms with Gasteiger partial charge in [-0.15, -0.1) is 0 Å². The summed E-state index contributed by atoms with van der Waals surface area (Å²) in [5, 5.41) is 0. The van der Waals surface area contributed by atoms with Crippen molar-refractivity contribution in [3.05, 3.63) is 0 Å². The smallest absolute Gasteiger partial charge is 0.377 e. The van der Waals surface area contributed by atoms with E-state index in [-0.39, 0.29) is 6.10 Å². The number of hydrogen-bond acceptors (Lipinski definition) is 5. The van der Waals surface area contributed by atoms with E-state index in [2.05, 4.69) is 4.99 Å². The van der Waals surface area contributed by atoms with Gasteiger partial charge in [0.25, 0.3) is 0 Å². The minimum absolute atomic E-state index is 0.0612. The van der Waals surface area contributed by atoms with Gasteiger partial charge in [-0.2, -0.15) is 0 Å². The SMILES string of the molecule is CO[Si](CCCN=C=O)(OC)OC(C)C. The Bertz CT molecular complexity index is 212. The van der Waals surface area contributed by atoms with E-state index in [1.54, 1.807) is 14.2 Å². The van der Waals surface area contributed by atoms with Gasteiger partial charge < -0.3 is 13.3 Å². The molecule has 0 saturated heterocycles. The summed E-state index contributed by atoms with van der Waals surface area (Å²) in [5.41, 5.74) is 0. The monoisotopic (exact) mass is 233 g/mol. The van der Waals surface area contributed by atoms with E-state index in [0.29, 0.717) is 19.0 Å². The maximum atomic E-state index is 9.87. The van der Waals surface area contributed by atoms with Crippen LogP contribution in [0.4, 0.5) is 0 Å². The predicted octanol–water partition coefficient (Wildman–Crippen LogP) is 1.37. The number of hydrogen-bond donors (Lipinski definition) is 0. The van der Waals surface area contributed by atoms with E-state index in [4.69, 9.17) is 13.3 Å². The zero-order valence-corrected chi connectivity index (χ0v) is 10.8. The average molecular weight is 233 g/mol. The second kappa shape index (κ2) is 7.73. The number of carbonyl (C=O) groups excluding carboxylic acids is 1. The second-order valence-corrected chi connectivity index (χ2v) is 6.25. The largest absolute Gasteiger partial charge is 0.500 e. The van der Waals surface area contributed by atoms with Gasteiger partial charge in [-0.05, 0) is 20.3 Å². The molecule has 88 valence electrons. The van der Waals surface area contributed by atoms with Crippen LogP contribution in [0.1, 0.15) is 20.3 Å². The molecule has 15 heavy (non-hydrogen) atoms. The van der Waals surface area contributed by atoms with Gasteiger partial charge >= 0.3 is 8.80 Å². The summed E-state index contributed by atoms with van der Waals surface area (Å²) < 4.78 is 16.3. The van der Waals surface area contributed by atoms with Crippen molar-refractivity contribution in [3.8, 4) is 0 Å². The molecule has 0 radical (unpaired) electrons. The molecule has 0 aliphatic rings. The number of nitrogens with zero attached hydrogens (tertiary/aromatic N) is 1. The Labute approximate surface area is 91.8 Å². The van der Waals surface area contributed by atoms with Crippen LogP contribution in [-0.2, 0) is 18.1 Å². The van der Waals surface area contributed by atoms with Crippen LogP contribution in [0.3, 0.4) is 0 Å². The Morgan fingerprint density at radius 2 is 1.93 bits per heavy atom. The van der Waals surface area contributed by atoms with Crippen LogP contribution in [0.15, 0.2) is 4.99 Å². The fourth-order valence-corrected chi connectivity index (χ4v) is 3.42. The quantitative estimate of drug-likeness (QED) is 0.275. The van der Waals surface area contributed by atoms with Crippen LogP contribution < -0.4 is 0 Å². The summed E-state index contributed by atoms with van der Waals surface area (Å²) in [6.45, 7) is 4.30. The summed E-state index contributed by atoms with van der Waals surface area (Å²) in [7, 11) is 0.623. The third-order valence-corrected chi connectivity index (χ3v) is 4.90. The molecule has 6 heteroatoms. The molecule has 0 heterocycles. The van der Waals surface area contributed by atoms with Gasteiger partial charge in [-0.25, -0.2) is 9.79 Å². The molecule has 0 rings (SSSR count). The minimum atomic E-state index is -2.55. The first-order valence-electron chi connectivity index (χ1n) is 4.92. The normalized spacial score (nSPS) is 11.5. The van der Waals surface area contributed by atoms with Gasteiger partial charge in [0.05, 0.1) is 6.54 Å². The summed E-state index contributed by atoms with van der Waals surface area (Å²) in [6, 6.07) is 0.656. The molecule has 0 bridgehead atoms. The van der Waals surface area contributed by atoms with Gasteiger partial charge in [0, 0.05) is 26.4 Å². The van der Waals surface area contributed by atoms with E-state index < -0.39 is 8.80 Å². The van der Waals surface area contributed by atoms with E-state index in [9.17, 15) is 4.79 Å². The number of rotatable bonds is 8. The molecule has 0 aliphatic carbocycles. The Hall–Kier alpha value is -0.523. The van der Waals surface area contributed by atoms with E-state index in [1.807, 2.05) is 13.8 Å². The van der Waals surface area contributed by atoms with Crippen molar-refractivity contribution in [2.75, 3.05) is 20.8 Å². The molecule has 5 nitrogen and oxygen atoms in total. The summed E-state index contributed by atoms with van der Waals surface area (Å²) in [6.07, 6.45) is 2.26. The molecule has 0 aromatic rings. The van der Waals surface area contributed by atoms with Crippen molar-refractivity contribution in [3.63, 3.8) is 0 Å². The summed E-state index contributed by atoms with van der Waals surface area (Å²) in [4.78, 5) is 13.3. The van der Waals surface area contributed by atoms with Gasteiger partial charge in [0.2, 0.25) is 6.08 Å². The van der Waals surface area contributed by atoms with Crippen molar-refractivity contribution in [2.45, 2.75) is 32.4 Å². The second-order valence-electron chi connectivity index (χ2n) is 3.33. The van der Waals surface area contributed by atoms with Crippen LogP contribution in [-0.4, -0.2) is 41.8 Å². The molecule has 0 spiro atoms. The highest BCUT2D eigenvalue weighted by atomic mass is 28.4. The van der Waals surface area contributed by atoms with Gasteiger partial charge in [-0.1, -0.05) is 0 Å². The molecule has 0 atom stereocenters. The lowest BCUT2D eigenvalue weighted by Gasteiger charge is -2.28. The maximum Gasteiger partial charge on any atom is 0.500 e. The van der Waals surface area contributed by atoms with Crippen molar-refractivity contribution in [1.82, 2.24) is 0 Å². The van der Waals surface area contributed by atoms with Crippen LogP contribution >= 0.6 is 0 Å². The highest BCUT2D eigenvalue weighted by Gasteiger charge is 2.39. The molecule has 0 N–H and O–H groups in total. The molecule has 0 aromatic heterocycles. The predicted molar refractivity (Wildman–Crippen MR) is 58.4 cm³/mol. The molecular formula is C9H19NO4Si. The first kappa shape index (κ1) is 14.5. The molecular weight excluding hydrogens is 214 g/mol. The lowest BCUT2D eigenvalue weighted by molar-refractivity contribution is 0.0696. The van der Waals surface area contributed by atoms with Crippen molar-refractivity contribution in [1.29, 1.82) is 0 Å². The third kappa shape index (κ3) is 5.81. The maximum absolute atomic E-state index is 9.87. The van der Waals surface area contributed by atoms with Crippen molar-refractivity contribution in [2.24, 2.45) is 4.99 Å². The Kier molecular flexibility index (Phi) is 7.46. The zero-order valence-electron chi connectivity index (χ0n) is 9.78. The first-order valence-corrected chi connectivity index (χ1v) is 6.85. The lowest BCUT2D eigenvalue weighted by atomic mass is 10.5. The zero-order chi connectivity index (χ0) is 11.7. The Morgan fingerprint density at radius 1 is 1.33 bits per heavy atom. The first-order chi connectivity index (χ1) is 7.10. The molecule has 0 aliphatic heterocycles. The Balaban J connectivity index is 4.16. The van der Waals surface area contributed by atoms with Crippen LogP contribution in [0.5, 0.6) is 0 Å². The standard InChI is InChI=1S/C9H19NO4Si/c1-9(2)14-15(12-3,13-4)7-5-6-10-8-11/h9H,5-7H2,1-4H3. The van der Waals surface area contributed by atoms with Crippen LogP contribution in [0.25, 0.3) is 0 Å². The van der Waals surface area contributed by atoms with Crippen molar-refractivity contribution < 1.29 is 18.1 Å². The van der Waals surface area contributed by atoms with E-state index in [1.165, 1.54) is 6.08 Å². The average Bonchev–Trinajstić information content (AvgIpc) is 2.22. The summed E-state index contributed by atoms with van der Waals surface area (Å²) >= 11 is 0. The van der Waals surface area contributed by atoms with Gasteiger partial charge in [-0.3, -0.25) is 0 Å².